The van der Waals surface area contributed by atoms with Crippen molar-refractivity contribution in [2.75, 3.05) is 6.61 Å². The van der Waals surface area contributed by atoms with Gasteiger partial charge in [0.25, 0.3) is 6.47 Å². The summed E-state index contributed by atoms with van der Waals surface area (Å²) in [5.41, 5.74) is 0. The normalized spacial score (nSPS) is 18.5. The first-order valence-corrected chi connectivity index (χ1v) is 4.48. The van der Waals surface area contributed by atoms with Gasteiger partial charge in [0.1, 0.15) is 0 Å². The Labute approximate surface area is 67.9 Å². The topological polar surface area (TPSA) is 26.3 Å². The fourth-order valence-corrected chi connectivity index (χ4v) is 1.80. The molecule has 64 valence electrons. The molecule has 0 amide bonds. The molecule has 0 aromatic rings. The van der Waals surface area contributed by atoms with E-state index in [4.69, 9.17) is 0 Å². The second-order valence-corrected chi connectivity index (χ2v) is 3.26. The molecular weight excluding hydrogens is 140 g/mol. The Kier molecular flexibility index (Phi) is 4.02. The molecule has 0 unspecified atom stereocenters. The van der Waals surface area contributed by atoms with Crippen LogP contribution in [0.2, 0.25) is 0 Å². The molecule has 1 aliphatic rings. The van der Waals surface area contributed by atoms with Crippen LogP contribution in [0, 0.1) is 5.92 Å². The molecule has 0 N–H and O–H groups in total. The lowest BCUT2D eigenvalue weighted by Crippen LogP contribution is -1.97. The van der Waals surface area contributed by atoms with Crippen LogP contribution >= 0.6 is 0 Å². The van der Waals surface area contributed by atoms with E-state index < -0.39 is 0 Å². The SMILES string of the molecule is O=COCCCC1CCCC1. The average Bonchev–Trinajstić information content (AvgIpc) is 2.50. The van der Waals surface area contributed by atoms with Gasteiger partial charge in [-0.3, -0.25) is 4.79 Å². The predicted molar refractivity (Wildman–Crippen MR) is 43.2 cm³/mol. The number of hydrogen-bond acceptors (Lipinski definition) is 2. The molecule has 1 rings (SSSR count). The van der Waals surface area contributed by atoms with Gasteiger partial charge < -0.3 is 4.74 Å². The van der Waals surface area contributed by atoms with Crippen LogP contribution in [0.3, 0.4) is 0 Å². The quantitative estimate of drug-likeness (QED) is 0.450. The highest BCUT2D eigenvalue weighted by molar-refractivity contribution is 5.36. The van der Waals surface area contributed by atoms with Gasteiger partial charge in [-0.1, -0.05) is 25.7 Å². The molecule has 0 bridgehead atoms. The summed E-state index contributed by atoms with van der Waals surface area (Å²) in [6.45, 7) is 1.15. The molecule has 1 aliphatic carbocycles. The van der Waals surface area contributed by atoms with E-state index in [1.807, 2.05) is 0 Å². The second kappa shape index (κ2) is 5.16. The molecule has 0 aromatic carbocycles. The third kappa shape index (κ3) is 3.40. The molecule has 0 saturated heterocycles. The lowest BCUT2D eigenvalue weighted by Gasteiger charge is -2.06. The van der Waals surface area contributed by atoms with Crippen LogP contribution in [-0.4, -0.2) is 13.1 Å². The maximum absolute atomic E-state index is 9.78. The van der Waals surface area contributed by atoms with Gasteiger partial charge in [0.15, 0.2) is 0 Å². The summed E-state index contributed by atoms with van der Waals surface area (Å²) < 4.78 is 4.61. The van der Waals surface area contributed by atoms with Crippen molar-refractivity contribution in [2.45, 2.75) is 38.5 Å². The van der Waals surface area contributed by atoms with E-state index in [2.05, 4.69) is 4.74 Å². The van der Waals surface area contributed by atoms with Crippen LogP contribution in [0.1, 0.15) is 38.5 Å². The zero-order valence-corrected chi connectivity index (χ0v) is 6.92. The van der Waals surface area contributed by atoms with Gasteiger partial charge in [-0.25, -0.2) is 0 Å². The van der Waals surface area contributed by atoms with Crippen molar-refractivity contribution in [3.8, 4) is 0 Å². The molecule has 0 radical (unpaired) electrons. The van der Waals surface area contributed by atoms with Gasteiger partial charge in [0, 0.05) is 0 Å². The van der Waals surface area contributed by atoms with Crippen molar-refractivity contribution in [1.82, 2.24) is 0 Å². The van der Waals surface area contributed by atoms with Crippen LogP contribution in [0.4, 0.5) is 0 Å². The third-order valence-corrected chi connectivity index (χ3v) is 2.42. The Balaban J connectivity index is 1.89. The maximum Gasteiger partial charge on any atom is 0.293 e. The summed E-state index contributed by atoms with van der Waals surface area (Å²) in [5, 5.41) is 0. The van der Waals surface area contributed by atoms with Crippen molar-refractivity contribution in [3.63, 3.8) is 0 Å². The molecule has 11 heavy (non-hydrogen) atoms. The van der Waals surface area contributed by atoms with Gasteiger partial charge >= 0.3 is 0 Å². The Hall–Kier alpha value is -0.530. The predicted octanol–water partition coefficient (Wildman–Crippen LogP) is 2.13. The first kappa shape index (κ1) is 8.57. The largest absolute Gasteiger partial charge is 0.468 e. The average molecular weight is 156 g/mol. The van der Waals surface area contributed by atoms with Crippen molar-refractivity contribution < 1.29 is 9.53 Å². The maximum atomic E-state index is 9.78. The third-order valence-electron chi connectivity index (χ3n) is 2.42. The van der Waals surface area contributed by atoms with Gasteiger partial charge in [0.2, 0.25) is 0 Å². The summed E-state index contributed by atoms with van der Waals surface area (Å²) in [4.78, 5) is 9.78. The molecule has 1 saturated carbocycles. The van der Waals surface area contributed by atoms with Gasteiger partial charge in [-0.2, -0.15) is 0 Å². The van der Waals surface area contributed by atoms with Crippen LogP contribution in [0.5, 0.6) is 0 Å². The Morgan fingerprint density at radius 1 is 1.36 bits per heavy atom. The minimum absolute atomic E-state index is 0.536. The number of carbonyl (C=O) groups excluding carboxylic acids is 1. The lowest BCUT2D eigenvalue weighted by molar-refractivity contribution is -0.128. The summed E-state index contributed by atoms with van der Waals surface area (Å²) in [6.07, 6.45) is 7.87. The summed E-state index contributed by atoms with van der Waals surface area (Å²) in [7, 11) is 0. The van der Waals surface area contributed by atoms with Crippen molar-refractivity contribution >= 4 is 6.47 Å². The van der Waals surface area contributed by atoms with E-state index >= 15 is 0 Å². The fraction of sp³-hybridized carbons (Fsp3) is 0.889. The highest BCUT2D eigenvalue weighted by atomic mass is 16.5. The van der Waals surface area contributed by atoms with Crippen LogP contribution in [0.25, 0.3) is 0 Å². The second-order valence-electron chi connectivity index (χ2n) is 3.26. The van der Waals surface area contributed by atoms with E-state index in [1.54, 1.807) is 0 Å². The molecule has 0 atom stereocenters. The van der Waals surface area contributed by atoms with Crippen molar-refractivity contribution in [3.05, 3.63) is 0 Å². The summed E-state index contributed by atoms with van der Waals surface area (Å²) in [6, 6.07) is 0. The van der Waals surface area contributed by atoms with Gasteiger partial charge in [-0.05, 0) is 18.8 Å². The Bertz CT molecular complexity index is 106. The Morgan fingerprint density at radius 3 is 2.73 bits per heavy atom. The van der Waals surface area contributed by atoms with E-state index in [-0.39, 0.29) is 0 Å². The van der Waals surface area contributed by atoms with Crippen molar-refractivity contribution in [2.24, 2.45) is 5.92 Å². The summed E-state index contributed by atoms with van der Waals surface area (Å²) in [5.74, 6) is 0.922. The minimum atomic E-state index is 0.536. The van der Waals surface area contributed by atoms with E-state index in [1.165, 1.54) is 32.1 Å². The van der Waals surface area contributed by atoms with E-state index in [9.17, 15) is 4.79 Å². The smallest absolute Gasteiger partial charge is 0.293 e. The standard InChI is InChI=1S/C9H16O2/c10-8-11-7-3-6-9-4-1-2-5-9/h8-9H,1-7H2. The molecule has 2 heteroatoms. The minimum Gasteiger partial charge on any atom is -0.468 e. The first-order chi connectivity index (χ1) is 5.43. The van der Waals surface area contributed by atoms with Crippen LogP contribution in [-0.2, 0) is 9.53 Å². The number of ether oxygens (including phenoxy) is 1. The lowest BCUT2D eigenvalue weighted by atomic mass is 10.0. The van der Waals surface area contributed by atoms with Crippen molar-refractivity contribution in [1.29, 1.82) is 0 Å². The van der Waals surface area contributed by atoms with E-state index in [0.717, 1.165) is 12.3 Å². The molecule has 0 aliphatic heterocycles. The summed E-state index contributed by atoms with van der Waals surface area (Å²) >= 11 is 0. The molecule has 0 aromatic heterocycles. The van der Waals surface area contributed by atoms with Crippen LogP contribution in [0.15, 0.2) is 0 Å². The van der Waals surface area contributed by atoms with Gasteiger partial charge in [0.05, 0.1) is 6.61 Å². The monoisotopic (exact) mass is 156 g/mol. The van der Waals surface area contributed by atoms with Gasteiger partial charge in [-0.15, -0.1) is 0 Å². The zero-order valence-electron chi connectivity index (χ0n) is 6.92. The highest BCUT2D eigenvalue weighted by Crippen LogP contribution is 2.28. The zero-order chi connectivity index (χ0) is 7.94. The number of carbonyl (C=O) groups is 1. The molecule has 0 heterocycles. The highest BCUT2D eigenvalue weighted by Gasteiger charge is 2.13. The molecule has 1 fully saturated rings. The number of hydrogen-bond donors (Lipinski definition) is 0. The molecule has 2 nitrogen and oxygen atoms in total. The Morgan fingerprint density at radius 2 is 2.09 bits per heavy atom. The number of rotatable bonds is 5. The molecule has 0 spiro atoms. The van der Waals surface area contributed by atoms with Crippen LogP contribution < -0.4 is 0 Å². The first-order valence-electron chi connectivity index (χ1n) is 4.48. The molecular formula is C9H16O2. The fourth-order valence-electron chi connectivity index (χ4n) is 1.80. The van der Waals surface area contributed by atoms with E-state index in [0.29, 0.717) is 13.1 Å².